The van der Waals surface area contributed by atoms with Crippen LogP contribution in [0.25, 0.3) is 0 Å². The highest BCUT2D eigenvalue weighted by atomic mass is 16.7. The van der Waals surface area contributed by atoms with E-state index in [4.69, 9.17) is 16.1 Å². The van der Waals surface area contributed by atoms with E-state index >= 15 is 0 Å². The zero-order valence-corrected chi connectivity index (χ0v) is 27.7. The summed E-state index contributed by atoms with van der Waals surface area (Å²) in [7, 11) is 0. The van der Waals surface area contributed by atoms with Crippen molar-refractivity contribution in [2.24, 2.45) is 56.7 Å². The molecule has 0 radical (unpaired) electrons. The van der Waals surface area contributed by atoms with Gasteiger partial charge in [-0.1, -0.05) is 46.8 Å². The standard InChI is InChI=1S/C37H63NO4/c1-25(23-38-20-21-39)26-12-17-37(24-42-31-9-7-8-22-41-31)19-18-35(5)27(32(26)37)10-11-29-34(4)15-14-30(40)33(2,3)28(34)13-16-36(29,35)6/h26-32,38-40H,1,7-24H2,2-6H3/t26-,27+,28-,29+,30?,31?,32+,34-,35+,36+,37+/m0/s1. The predicted octanol–water partition coefficient (Wildman–Crippen LogP) is 7.11. The molecule has 2 unspecified atom stereocenters. The highest BCUT2D eigenvalue weighted by Crippen LogP contribution is 2.77. The van der Waals surface area contributed by atoms with Gasteiger partial charge in [-0.05, 0) is 140 Å². The van der Waals surface area contributed by atoms with Gasteiger partial charge in [-0.25, -0.2) is 0 Å². The molecule has 0 aromatic carbocycles. The van der Waals surface area contributed by atoms with Crippen LogP contribution in [0.3, 0.4) is 0 Å². The lowest BCUT2D eigenvalue weighted by Gasteiger charge is -2.73. The van der Waals surface area contributed by atoms with Crippen LogP contribution in [0.1, 0.15) is 118 Å². The van der Waals surface area contributed by atoms with Gasteiger partial charge in [0.05, 0.1) is 19.3 Å². The van der Waals surface area contributed by atoms with Crippen molar-refractivity contribution >= 4 is 0 Å². The molecular formula is C37H63NO4. The maximum atomic E-state index is 11.1. The third-order valence-electron chi connectivity index (χ3n) is 15.4. The van der Waals surface area contributed by atoms with E-state index in [9.17, 15) is 10.2 Å². The Balaban J connectivity index is 1.31. The first kappa shape index (κ1) is 31.5. The highest BCUT2D eigenvalue weighted by molar-refractivity contribution is 5.22. The van der Waals surface area contributed by atoms with Crippen LogP contribution in [0.4, 0.5) is 0 Å². The number of aliphatic hydroxyl groups excluding tert-OH is 2. The smallest absolute Gasteiger partial charge is 0.157 e. The molecule has 6 rings (SSSR count). The third kappa shape index (κ3) is 4.72. The van der Waals surface area contributed by atoms with Gasteiger partial charge in [-0.3, -0.25) is 0 Å². The van der Waals surface area contributed by atoms with Crippen molar-refractivity contribution < 1.29 is 19.7 Å². The zero-order valence-electron chi connectivity index (χ0n) is 27.7. The summed E-state index contributed by atoms with van der Waals surface area (Å²) in [6.45, 7) is 20.8. The lowest BCUT2D eigenvalue weighted by Crippen LogP contribution is -2.66. The summed E-state index contributed by atoms with van der Waals surface area (Å²) in [5.41, 5.74) is 2.51. The van der Waals surface area contributed by atoms with Crippen molar-refractivity contribution in [3.8, 4) is 0 Å². The molecule has 5 heteroatoms. The number of hydrogen-bond donors (Lipinski definition) is 3. The second kappa shape index (κ2) is 11.4. The molecule has 11 atom stereocenters. The minimum Gasteiger partial charge on any atom is -0.395 e. The number of aliphatic hydroxyl groups is 2. The number of rotatable bonds is 8. The fourth-order valence-corrected chi connectivity index (χ4v) is 13.0. The van der Waals surface area contributed by atoms with Crippen molar-refractivity contribution in [2.45, 2.75) is 130 Å². The van der Waals surface area contributed by atoms with E-state index < -0.39 is 0 Å². The summed E-state index contributed by atoms with van der Waals surface area (Å²) in [4.78, 5) is 0. The fraction of sp³-hybridized carbons (Fsp3) is 0.946. The van der Waals surface area contributed by atoms with Gasteiger partial charge in [-0.2, -0.15) is 0 Å². The van der Waals surface area contributed by atoms with Gasteiger partial charge in [0, 0.05) is 19.7 Å². The summed E-state index contributed by atoms with van der Waals surface area (Å²) in [5, 5.41) is 23.9. The molecule has 5 saturated carbocycles. The summed E-state index contributed by atoms with van der Waals surface area (Å²) >= 11 is 0. The highest BCUT2D eigenvalue weighted by Gasteiger charge is 2.71. The lowest BCUT2D eigenvalue weighted by atomic mass is 9.32. The average molecular weight is 586 g/mol. The van der Waals surface area contributed by atoms with E-state index in [0.717, 1.165) is 44.9 Å². The Hall–Kier alpha value is -0.460. The number of fused-ring (bicyclic) bond motifs is 7. The van der Waals surface area contributed by atoms with Crippen LogP contribution in [0.15, 0.2) is 12.2 Å². The number of ether oxygens (including phenoxy) is 2. The molecule has 5 nitrogen and oxygen atoms in total. The van der Waals surface area contributed by atoms with Crippen molar-refractivity contribution in [1.29, 1.82) is 0 Å². The second-order valence-electron chi connectivity index (χ2n) is 17.2. The molecule has 1 saturated heterocycles. The Morgan fingerprint density at radius 2 is 1.69 bits per heavy atom. The van der Waals surface area contributed by atoms with Gasteiger partial charge < -0.3 is 25.0 Å². The molecule has 0 aromatic rings. The van der Waals surface area contributed by atoms with Gasteiger partial charge in [0.2, 0.25) is 0 Å². The molecule has 6 fully saturated rings. The monoisotopic (exact) mass is 585 g/mol. The normalized spacial score (nSPS) is 49.8. The van der Waals surface area contributed by atoms with Crippen LogP contribution < -0.4 is 5.32 Å². The van der Waals surface area contributed by atoms with Crippen LogP contribution in [0, 0.1) is 56.7 Å². The van der Waals surface area contributed by atoms with Gasteiger partial charge >= 0.3 is 0 Å². The quantitative estimate of drug-likeness (QED) is 0.209. The fourth-order valence-electron chi connectivity index (χ4n) is 13.0. The average Bonchev–Trinajstić information content (AvgIpc) is 3.35. The Morgan fingerprint density at radius 1 is 0.881 bits per heavy atom. The molecule has 1 heterocycles. The van der Waals surface area contributed by atoms with Crippen molar-refractivity contribution in [2.75, 3.05) is 32.9 Å². The minimum atomic E-state index is -0.167. The Morgan fingerprint density at radius 3 is 2.43 bits per heavy atom. The Labute approximate surface area is 257 Å². The SMILES string of the molecule is C=C(CNCCO)[C@@H]1CC[C@]2(COC3CCCCO3)CC[C@]3(C)[C@H](CC[C@@H]4[C@@]5(C)CCC(O)C(C)(C)[C@@H]5CC[C@]43C)[C@@H]12. The van der Waals surface area contributed by atoms with Crippen LogP contribution in [-0.4, -0.2) is 55.5 Å². The molecule has 3 N–H and O–H groups in total. The van der Waals surface area contributed by atoms with E-state index in [1.54, 1.807) is 0 Å². The summed E-state index contributed by atoms with van der Waals surface area (Å²) in [5.74, 6) is 3.15. The van der Waals surface area contributed by atoms with Crippen molar-refractivity contribution in [3.05, 3.63) is 12.2 Å². The van der Waals surface area contributed by atoms with Crippen molar-refractivity contribution in [1.82, 2.24) is 5.32 Å². The largest absolute Gasteiger partial charge is 0.395 e. The Bertz CT molecular complexity index is 992. The van der Waals surface area contributed by atoms with E-state index in [2.05, 4.69) is 39.9 Å². The molecule has 1 aliphatic heterocycles. The van der Waals surface area contributed by atoms with Crippen molar-refractivity contribution in [3.63, 3.8) is 0 Å². The summed E-state index contributed by atoms with van der Waals surface area (Å²) in [6.07, 6.45) is 15.6. The van der Waals surface area contributed by atoms with Crippen LogP contribution in [0.5, 0.6) is 0 Å². The molecule has 5 aliphatic carbocycles. The first-order valence-corrected chi connectivity index (χ1v) is 17.8. The molecule has 42 heavy (non-hydrogen) atoms. The summed E-state index contributed by atoms with van der Waals surface area (Å²) in [6, 6.07) is 0. The molecule has 6 aliphatic rings. The maximum Gasteiger partial charge on any atom is 0.157 e. The van der Waals surface area contributed by atoms with Crippen LogP contribution >= 0.6 is 0 Å². The van der Waals surface area contributed by atoms with E-state index in [0.29, 0.717) is 46.5 Å². The van der Waals surface area contributed by atoms with Gasteiger partial charge in [0.15, 0.2) is 6.29 Å². The minimum absolute atomic E-state index is 0.00217. The maximum absolute atomic E-state index is 11.1. The van der Waals surface area contributed by atoms with E-state index in [-0.39, 0.29) is 29.8 Å². The molecule has 0 amide bonds. The molecule has 0 aromatic heterocycles. The molecular weight excluding hydrogens is 522 g/mol. The lowest BCUT2D eigenvalue weighted by molar-refractivity contribution is -0.256. The van der Waals surface area contributed by atoms with Gasteiger partial charge in [-0.15, -0.1) is 0 Å². The molecule has 0 bridgehead atoms. The first-order chi connectivity index (χ1) is 19.9. The van der Waals surface area contributed by atoms with E-state index in [1.807, 2.05) is 0 Å². The first-order valence-electron chi connectivity index (χ1n) is 17.8. The van der Waals surface area contributed by atoms with E-state index in [1.165, 1.54) is 69.8 Å². The number of hydrogen-bond acceptors (Lipinski definition) is 5. The predicted molar refractivity (Wildman–Crippen MR) is 169 cm³/mol. The topological polar surface area (TPSA) is 71.0 Å². The second-order valence-corrected chi connectivity index (χ2v) is 17.2. The Kier molecular flexibility index (Phi) is 8.56. The molecule has 0 spiro atoms. The summed E-state index contributed by atoms with van der Waals surface area (Å²) < 4.78 is 12.8. The van der Waals surface area contributed by atoms with Gasteiger partial charge in [0.25, 0.3) is 0 Å². The van der Waals surface area contributed by atoms with Crippen LogP contribution in [0.2, 0.25) is 0 Å². The molecule has 240 valence electrons. The van der Waals surface area contributed by atoms with Gasteiger partial charge in [0.1, 0.15) is 0 Å². The van der Waals surface area contributed by atoms with Crippen LogP contribution in [-0.2, 0) is 9.47 Å². The third-order valence-corrected chi connectivity index (χ3v) is 15.4. The zero-order chi connectivity index (χ0) is 30.0. The number of nitrogens with one attached hydrogen (secondary N) is 1.